The summed E-state index contributed by atoms with van der Waals surface area (Å²) in [6.07, 6.45) is 1.56. The van der Waals surface area contributed by atoms with E-state index in [0.29, 0.717) is 16.9 Å². The van der Waals surface area contributed by atoms with Gasteiger partial charge in [0.2, 0.25) is 0 Å². The van der Waals surface area contributed by atoms with Crippen LogP contribution < -0.4 is 5.32 Å². The first-order valence-electron chi connectivity index (χ1n) is 5.50. The van der Waals surface area contributed by atoms with Gasteiger partial charge in [0.15, 0.2) is 5.78 Å². The molecule has 0 unspecified atom stereocenters. The van der Waals surface area contributed by atoms with E-state index in [1.54, 1.807) is 48.7 Å². The number of benzene rings is 1. The molecule has 2 aromatic rings. The first-order valence-corrected chi connectivity index (χ1v) is 5.50. The zero-order valence-corrected chi connectivity index (χ0v) is 9.88. The standard InChI is InChI=1S/C14H12N2O2/c1-10(17)11-5-7-12(8-6-11)16-14(18)13-4-2-3-9-15-13/h2-9H,1H3,(H,16,18). The number of anilines is 1. The van der Waals surface area contributed by atoms with Gasteiger partial charge in [-0.3, -0.25) is 14.6 Å². The molecule has 90 valence electrons. The Morgan fingerprint density at radius 1 is 1.06 bits per heavy atom. The molecule has 0 fully saturated rings. The van der Waals surface area contributed by atoms with Crippen LogP contribution in [0.25, 0.3) is 0 Å². The van der Waals surface area contributed by atoms with Gasteiger partial charge in [-0.15, -0.1) is 0 Å². The quantitative estimate of drug-likeness (QED) is 0.839. The first-order chi connectivity index (χ1) is 8.66. The molecular weight excluding hydrogens is 228 g/mol. The van der Waals surface area contributed by atoms with Crippen LogP contribution in [0.2, 0.25) is 0 Å². The topological polar surface area (TPSA) is 59.1 Å². The van der Waals surface area contributed by atoms with Gasteiger partial charge in [0.25, 0.3) is 5.91 Å². The minimum Gasteiger partial charge on any atom is -0.321 e. The highest BCUT2D eigenvalue weighted by molar-refractivity contribution is 6.03. The lowest BCUT2D eigenvalue weighted by molar-refractivity contribution is 0.101. The van der Waals surface area contributed by atoms with Crippen molar-refractivity contribution in [3.8, 4) is 0 Å². The molecule has 1 aromatic carbocycles. The number of carbonyl (C=O) groups excluding carboxylic acids is 2. The Morgan fingerprint density at radius 3 is 2.33 bits per heavy atom. The summed E-state index contributed by atoms with van der Waals surface area (Å²) >= 11 is 0. The summed E-state index contributed by atoms with van der Waals surface area (Å²) in [5.74, 6) is -0.274. The Balaban J connectivity index is 2.10. The van der Waals surface area contributed by atoms with Crippen molar-refractivity contribution in [1.82, 2.24) is 4.98 Å². The SMILES string of the molecule is CC(=O)c1ccc(NC(=O)c2ccccn2)cc1. The minimum atomic E-state index is -0.272. The average Bonchev–Trinajstić information content (AvgIpc) is 2.40. The first kappa shape index (κ1) is 12.0. The summed E-state index contributed by atoms with van der Waals surface area (Å²) in [4.78, 5) is 26.8. The fourth-order valence-electron chi connectivity index (χ4n) is 1.48. The lowest BCUT2D eigenvalue weighted by atomic mass is 10.1. The van der Waals surface area contributed by atoms with E-state index in [2.05, 4.69) is 10.3 Å². The number of amides is 1. The maximum atomic E-state index is 11.8. The van der Waals surface area contributed by atoms with Crippen molar-refractivity contribution in [1.29, 1.82) is 0 Å². The molecule has 0 saturated carbocycles. The lowest BCUT2D eigenvalue weighted by Gasteiger charge is -2.04. The van der Waals surface area contributed by atoms with Crippen LogP contribution in [0, 0.1) is 0 Å². The molecule has 0 spiro atoms. The third kappa shape index (κ3) is 2.79. The fraction of sp³-hybridized carbons (Fsp3) is 0.0714. The Hall–Kier alpha value is -2.49. The van der Waals surface area contributed by atoms with Crippen molar-refractivity contribution in [2.45, 2.75) is 6.92 Å². The second-order valence-electron chi connectivity index (χ2n) is 3.80. The van der Waals surface area contributed by atoms with Gasteiger partial charge in [0, 0.05) is 17.4 Å². The molecule has 4 nitrogen and oxygen atoms in total. The smallest absolute Gasteiger partial charge is 0.274 e. The van der Waals surface area contributed by atoms with Gasteiger partial charge in [-0.25, -0.2) is 0 Å². The Labute approximate surface area is 105 Å². The number of nitrogens with zero attached hydrogens (tertiary/aromatic N) is 1. The largest absolute Gasteiger partial charge is 0.321 e. The molecule has 0 radical (unpaired) electrons. The number of hydrogen-bond donors (Lipinski definition) is 1. The van der Waals surface area contributed by atoms with Crippen LogP contribution >= 0.6 is 0 Å². The van der Waals surface area contributed by atoms with Gasteiger partial charge in [-0.05, 0) is 43.3 Å². The number of carbonyl (C=O) groups is 2. The van der Waals surface area contributed by atoms with Crippen LogP contribution in [0.4, 0.5) is 5.69 Å². The molecule has 1 amide bonds. The molecule has 0 aliphatic rings. The molecular formula is C14H12N2O2. The summed E-state index contributed by atoms with van der Waals surface area (Å²) in [5.41, 5.74) is 1.61. The average molecular weight is 240 g/mol. The number of Topliss-reactive ketones (excluding diaryl/α,β-unsaturated/α-hetero) is 1. The van der Waals surface area contributed by atoms with Crippen LogP contribution in [0.3, 0.4) is 0 Å². The third-order valence-electron chi connectivity index (χ3n) is 2.45. The zero-order chi connectivity index (χ0) is 13.0. The number of aromatic nitrogens is 1. The van der Waals surface area contributed by atoms with Crippen LogP contribution in [0.15, 0.2) is 48.7 Å². The van der Waals surface area contributed by atoms with Gasteiger partial charge in [-0.2, -0.15) is 0 Å². The van der Waals surface area contributed by atoms with Gasteiger partial charge < -0.3 is 5.32 Å². The number of pyridine rings is 1. The molecule has 0 atom stereocenters. The van der Waals surface area contributed by atoms with E-state index in [1.165, 1.54) is 6.92 Å². The zero-order valence-electron chi connectivity index (χ0n) is 9.88. The Kier molecular flexibility index (Phi) is 3.48. The molecule has 1 heterocycles. The van der Waals surface area contributed by atoms with E-state index in [-0.39, 0.29) is 11.7 Å². The van der Waals surface area contributed by atoms with Crippen molar-refractivity contribution in [3.63, 3.8) is 0 Å². The number of ketones is 1. The van der Waals surface area contributed by atoms with E-state index in [4.69, 9.17) is 0 Å². The predicted octanol–water partition coefficient (Wildman–Crippen LogP) is 2.54. The van der Waals surface area contributed by atoms with Crippen LogP contribution in [0.1, 0.15) is 27.8 Å². The molecule has 4 heteroatoms. The normalized spacial score (nSPS) is 9.83. The van der Waals surface area contributed by atoms with E-state index in [1.807, 2.05) is 0 Å². The maximum Gasteiger partial charge on any atom is 0.274 e. The van der Waals surface area contributed by atoms with Crippen molar-refractivity contribution in [2.75, 3.05) is 5.32 Å². The second-order valence-corrected chi connectivity index (χ2v) is 3.80. The highest BCUT2D eigenvalue weighted by Crippen LogP contribution is 2.11. The van der Waals surface area contributed by atoms with Crippen LogP contribution in [-0.2, 0) is 0 Å². The van der Waals surface area contributed by atoms with Crippen molar-refractivity contribution < 1.29 is 9.59 Å². The maximum absolute atomic E-state index is 11.8. The predicted molar refractivity (Wildman–Crippen MR) is 68.6 cm³/mol. The summed E-state index contributed by atoms with van der Waals surface area (Å²) < 4.78 is 0. The molecule has 0 saturated heterocycles. The highest BCUT2D eigenvalue weighted by atomic mass is 16.2. The molecule has 0 bridgehead atoms. The molecule has 0 aliphatic heterocycles. The van der Waals surface area contributed by atoms with E-state index < -0.39 is 0 Å². The fourth-order valence-corrected chi connectivity index (χ4v) is 1.48. The molecule has 1 aromatic heterocycles. The summed E-state index contributed by atoms with van der Waals surface area (Å²) in [6, 6.07) is 11.9. The second kappa shape index (κ2) is 5.23. The molecule has 18 heavy (non-hydrogen) atoms. The van der Waals surface area contributed by atoms with Crippen molar-refractivity contribution in [2.24, 2.45) is 0 Å². The minimum absolute atomic E-state index is 0.00222. The van der Waals surface area contributed by atoms with Gasteiger partial charge in [0.1, 0.15) is 5.69 Å². The Morgan fingerprint density at radius 2 is 1.78 bits per heavy atom. The monoisotopic (exact) mass is 240 g/mol. The third-order valence-corrected chi connectivity index (χ3v) is 2.45. The Bertz CT molecular complexity index is 562. The number of rotatable bonds is 3. The number of hydrogen-bond acceptors (Lipinski definition) is 3. The van der Waals surface area contributed by atoms with E-state index in [0.717, 1.165) is 0 Å². The summed E-state index contributed by atoms with van der Waals surface area (Å²) in [5, 5.41) is 2.71. The van der Waals surface area contributed by atoms with E-state index in [9.17, 15) is 9.59 Å². The van der Waals surface area contributed by atoms with Crippen LogP contribution in [0.5, 0.6) is 0 Å². The highest BCUT2D eigenvalue weighted by Gasteiger charge is 2.06. The van der Waals surface area contributed by atoms with Crippen molar-refractivity contribution >= 4 is 17.4 Å². The molecule has 1 N–H and O–H groups in total. The van der Waals surface area contributed by atoms with E-state index >= 15 is 0 Å². The molecule has 0 aliphatic carbocycles. The lowest BCUT2D eigenvalue weighted by Crippen LogP contribution is -2.13. The van der Waals surface area contributed by atoms with Gasteiger partial charge in [-0.1, -0.05) is 6.07 Å². The summed E-state index contributed by atoms with van der Waals surface area (Å²) in [6.45, 7) is 1.50. The number of nitrogens with one attached hydrogen (secondary N) is 1. The molecule has 2 rings (SSSR count). The van der Waals surface area contributed by atoms with Gasteiger partial charge >= 0.3 is 0 Å². The van der Waals surface area contributed by atoms with Crippen LogP contribution in [-0.4, -0.2) is 16.7 Å². The summed E-state index contributed by atoms with van der Waals surface area (Å²) in [7, 11) is 0. The van der Waals surface area contributed by atoms with Gasteiger partial charge in [0.05, 0.1) is 0 Å². The van der Waals surface area contributed by atoms with Crippen molar-refractivity contribution in [3.05, 3.63) is 59.9 Å².